The highest BCUT2D eigenvalue weighted by atomic mass is 32.1. The largest absolute Gasteiger partial charge is 0.395 e. The molecule has 0 saturated carbocycles. The minimum Gasteiger partial charge on any atom is -0.395 e. The van der Waals surface area contributed by atoms with Gasteiger partial charge in [-0.3, -0.25) is 0 Å². The van der Waals surface area contributed by atoms with Crippen molar-refractivity contribution in [1.82, 2.24) is 9.97 Å². The van der Waals surface area contributed by atoms with E-state index in [4.69, 9.17) is 0 Å². The molecular formula is C18H19N3OS. The topological polar surface area (TPSA) is 49.2 Å². The molecule has 4 rings (SSSR count). The number of anilines is 1. The summed E-state index contributed by atoms with van der Waals surface area (Å²) in [5, 5.41) is 10.7. The second-order valence-corrected chi connectivity index (χ2v) is 6.95. The average Bonchev–Trinajstić information content (AvgIpc) is 3.16. The maximum atomic E-state index is 9.51. The fourth-order valence-corrected chi connectivity index (χ4v) is 4.56. The Balaban J connectivity index is 1.78. The van der Waals surface area contributed by atoms with E-state index in [0.717, 1.165) is 30.0 Å². The molecule has 0 spiro atoms. The third-order valence-electron chi connectivity index (χ3n) is 4.37. The quantitative estimate of drug-likeness (QED) is 0.783. The molecule has 5 heteroatoms. The predicted octanol–water partition coefficient (Wildman–Crippen LogP) is 3.18. The minimum absolute atomic E-state index is 0.116. The van der Waals surface area contributed by atoms with Crippen LogP contribution in [0, 0.1) is 0 Å². The number of nitrogens with zero attached hydrogens (tertiary/aromatic N) is 3. The predicted molar refractivity (Wildman–Crippen MR) is 94.0 cm³/mol. The van der Waals surface area contributed by atoms with Crippen LogP contribution in [0.15, 0.2) is 36.7 Å². The minimum atomic E-state index is 0.116. The molecule has 0 atom stereocenters. The van der Waals surface area contributed by atoms with Crippen LogP contribution >= 0.6 is 11.3 Å². The molecule has 3 aromatic rings. The maximum absolute atomic E-state index is 9.51. The van der Waals surface area contributed by atoms with Gasteiger partial charge in [-0.2, -0.15) is 0 Å². The van der Waals surface area contributed by atoms with E-state index in [2.05, 4.69) is 27.0 Å². The van der Waals surface area contributed by atoms with Crippen LogP contribution in [-0.4, -0.2) is 28.2 Å². The molecular weight excluding hydrogens is 306 g/mol. The number of benzene rings is 1. The standard InChI is InChI=1S/C18H19N3OS/c22-10-9-21(11-13-5-2-1-3-6-13)17-16-14-7-4-8-15(14)23-18(16)20-12-19-17/h1-3,5-6,12,22H,4,7-11H2. The molecule has 23 heavy (non-hydrogen) atoms. The molecule has 118 valence electrons. The van der Waals surface area contributed by atoms with Crippen molar-refractivity contribution in [2.24, 2.45) is 0 Å². The van der Waals surface area contributed by atoms with Crippen molar-refractivity contribution in [3.05, 3.63) is 52.7 Å². The van der Waals surface area contributed by atoms with Gasteiger partial charge < -0.3 is 10.0 Å². The van der Waals surface area contributed by atoms with E-state index >= 15 is 0 Å². The molecule has 0 bridgehead atoms. The lowest BCUT2D eigenvalue weighted by Gasteiger charge is -2.24. The van der Waals surface area contributed by atoms with Crippen LogP contribution in [0.5, 0.6) is 0 Å². The van der Waals surface area contributed by atoms with Crippen LogP contribution in [0.1, 0.15) is 22.4 Å². The number of hydrogen-bond donors (Lipinski definition) is 1. The van der Waals surface area contributed by atoms with E-state index in [1.54, 1.807) is 17.7 Å². The van der Waals surface area contributed by atoms with Crippen molar-refractivity contribution in [2.45, 2.75) is 25.8 Å². The van der Waals surface area contributed by atoms with E-state index < -0.39 is 0 Å². The fraction of sp³-hybridized carbons (Fsp3) is 0.333. The molecule has 1 aliphatic carbocycles. The van der Waals surface area contributed by atoms with E-state index in [1.807, 2.05) is 18.2 Å². The van der Waals surface area contributed by atoms with Gasteiger partial charge in [-0.15, -0.1) is 11.3 Å². The summed E-state index contributed by atoms with van der Waals surface area (Å²) in [7, 11) is 0. The lowest BCUT2D eigenvalue weighted by Crippen LogP contribution is -2.27. The van der Waals surface area contributed by atoms with Crippen LogP contribution in [-0.2, 0) is 19.4 Å². The normalized spacial score (nSPS) is 13.4. The summed E-state index contributed by atoms with van der Waals surface area (Å²) in [4.78, 5) is 13.8. The number of thiophene rings is 1. The van der Waals surface area contributed by atoms with Crippen molar-refractivity contribution in [2.75, 3.05) is 18.1 Å². The van der Waals surface area contributed by atoms with Crippen LogP contribution < -0.4 is 4.90 Å². The number of fused-ring (bicyclic) bond motifs is 3. The van der Waals surface area contributed by atoms with Gasteiger partial charge >= 0.3 is 0 Å². The molecule has 2 aromatic heterocycles. The Labute approximate surface area is 139 Å². The third-order valence-corrected chi connectivity index (χ3v) is 5.57. The average molecular weight is 325 g/mol. The summed E-state index contributed by atoms with van der Waals surface area (Å²) in [5.74, 6) is 0.965. The first-order valence-corrected chi connectivity index (χ1v) is 8.83. The maximum Gasteiger partial charge on any atom is 0.141 e. The number of rotatable bonds is 5. The van der Waals surface area contributed by atoms with Gasteiger partial charge in [-0.25, -0.2) is 9.97 Å². The molecule has 0 aliphatic heterocycles. The van der Waals surface area contributed by atoms with Crippen molar-refractivity contribution < 1.29 is 5.11 Å². The summed E-state index contributed by atoms with van der Waals surface area (Å²) in [5.41, 5.74) is 2.65. The van der Waals surface area contributed by atoms with Gasteiger partial charge in [0.2, 0.25) is 0 Å². The van der Waals surface area contributed by atoms with Gasteiger partial charge in [-0.05, 0) is 30.4 Å². The van der Waals surface area contributed by atoms with Gasteiger partial charge in [0.05, 0.1) is 12.0 Å². The zero-order valence-electron chi connectivity index (χ0n) is 12.9. The van der Waals surface area contributed by atoms with Crippen LogP contribution in [0.2, 0.25) is 0 Å². The number of hydrogen-bond acceptors (Lipinski definition) is 5. The molecule has 1 N–H and O–H groups in total. The Hall–Kier alpha value is -1.98. The number of aliphatic hydroxyl groups is 1. The smallest absolute Gasteiger partial charge is 0.141 e. The molecule has 0 saturated heterocycles. The first kappa shape index (κ1) is 14.6. The second kappa shape index (κ2) is 6.26. The number of aromatic nitrogens is 2. The highest BCUT2D eigenvalue weighted by molar-refractivity contribution is 7.19. The summed E-state index contributed by atoms with van der Waals surface area (Å²) < 4.78 is 0. The number of aliphatic hydroxyl groups excluding tert-OH is 1. The third kappa shape index (κ3) is 2.71. The Bertz CT molecular complexity index is 816. The van der Waals surface area contributed by atoms with Crippen LogP contribution in [0.4, 0.5) is 5.82 Å². The Kier molecular flexibility index (Phi) is 3.97. The lowest BCUT2D eigenvalue weighted by atomic mass is 10.1. The van der Waals surface area contributed by atoms with E-state index in [9.17, 15) is 5.11 Å². The first-order chi connectivity index (χ1) is 11.4. The molecule has 0 unspecified atom stereocenters. The van der Waals surface area contributed by atoms with Crippen molar-refractivity contribution >= 4 is 27.4 Å². The lowest BCUT2D eigenvalue weighted by molar-refractivity contribution is 0.301. The Morgan fingerprint density at radius 2 is 2.00 bits per heavy atom. The number of aryl methyl sites for hydroxylation is 2. The molecule has 4 nitrogen and oxygen atoms in total. The zero-order valence-corrected chi connectivity index (χ0v) is 13.7. The Morgan fingerprint density at radius 3 is 2.83 bits per heavy atom. The van der Waals surface area contributed by atoms with Gasteiger partial charge in [0.25, 0.3) is 0 Å². The highest BCUT2D eigenvalue weighted by Gasteiger charge is 2.23. The highest BCUT2D eigenvalue weighted by Crippen LogP contribution is 2.40. The molecule has 0 radical (unpaired) electrons. The van der Waals surface area contributed by atoms with E-state index in [1.165, 1.54) is 27.8 Å². The molecule has 0 fully saturated rings. The molecule has 0 amide bonds. The van der Waals surface area contributed by atoms with E-state index in [-0.39, 0.29) is 6.61 Å². The summed E-state index contributed by atoms with van der Waals surface area (Å²) in [6, 6.07) is 10.3. The van der Waals surface area contributed by atoms with Crippen LogP contribution in [0.25, 0.3) is 10.2 Å². The van der Waals surface area contributed by atoms with Crippen LogP contribution in [0.3, 0.4) is 0 Å². The monoisotopic (exact) mass is 325 g/mol. The Morgan fingerprint density at radius 1 is 1.13 bits per heavy atom. The second-order valence-electron chi connectivity index (χ2n) is 5.87. The molecule has 2 heterocycles. The van der Waals surface area contributed by atoms with Crippen molar-refractivity contribution in [1.29, 1.82) is 0 Å². The summed E-state index contributed by atoms with van der Waals surface area (Å²) in [6.07, 6.45) is 5.16. The van der Waals surface area contributed by atoms with E-state index in [0.29, 0.717) is 6.54 Å². The van der Waals surface area contributed by atoms with Crippen molar-refractivity contribution in [3.63, 3.8) is 0 Å². The summed E-state index contributed by atoms with van der Waals surface area (Å²) in [6.45, 7) is 1.44. The first-order valence-electron chi connectivity index (χ1n) is 8.02. The molecule has 1 aliphatic rings. The molecule has 1 aromatic carbocycles. The zero-order chi connectivity index (χ0) is 15.6. The van der Waals surface area contributed by atoms with Gasteiger partial charge in [-0.1, -0.05) is 30.3 Å². The fourth-order valence-electron chi connectivity index (χ4n) is 3.34. The van der Waals surface area contributed by atoms with Gasteiger partial charge in [0.15, 0.2) is 0 Å². The van der Waals surface area contributed by atoms with Gasteiger partial charge in [0.1, 0.15) is 17.0 Å². The van der Waals surface area contributed by atoms with Gasteiger partial charge in [0, 0.05) is 18.0 Å². The summed E-state index contributed by atoms with van der Waals surface area (Å²) >= 11 is 1.80. The van der Waals surface area contributed by atoms with Crippen molar-refractivity contribution in [3.8, 4) is 0 Å². The SMILES string of the molecule is OCCN(Cc1ccccc1)c1ncnc2sc3c(c12)CCC3.